The molecular weight excluding hydrogens is 304 g/mol. The zero-order valence-electron chi connectivity index (χ0n) is 13.6. The molecule has 0 saturated carbocycles. The Bertz CT molecular complexity index is 763. The summed E-state index contributed by atoms with van der Waals surface area (Å²) < 4.78 is 11.4. The third-order valence-corrected chi connectivity index (χ3v) is 4.16. The van der Waals surface area contributed by atoms with Crippen molar-refractivity contribution in [2.75, 3.05) is 7.11 Å². The fourth-order valence-corrected chi connectivity index (χ4v) is 2.87. The van der Waals surface area contributed by atoms with Gasteiger partial charge in [0.25, 0.3) is 0 Å². The molecule has 0 saturated heterocycles. The predicted molar refractivity (Wildman–Crippen MR) is 92.3 cm³/mol. The monoisotopic (exact) mass is 324 g/mol. The molecule has 2 aromatic rings. The molecule has 24 heavy (non-hydrogen) atoms. The van der Waals surface area contributed by atoms with Crippen LogP contribution in [0.3, 0.4) is 0 Å². The number of carboxylic acid groups (broad SMARTS) is 1. The maximum absolute atomic E-state index is 11.3. The van der Waals surface area contributed by atoms with Gasteiger partial charge in [-0.3, -0.25) is 0 Å². The van der Waals surface area contributed by atoms with Crippen LogP contribution in [0.15, 0.2) is 48.0 Å². The minimum absolute atomic E-state index is 0.436. The molecular formula is C20H20O4. The molecule has 0 atom stereocenters. The van der Waals surface area contributed by atoms with Crippen LogP contribution in [0.2, 0.25) is 0 Å². The summed E-state index contributed by atoms with van der Waals surface area (Å²) in [6.45, 7) is 0.436. The zero-order chi connectivity index (χ0) is 16.9. The molecule has 0 spiro atoms. The molecule has 0 aliphatic heterocycles. The first kappa shape index (κ1) is 16.1. The van der Waals surface area contributed by atoms with Crippen LogP contribution < -0.4 is 9.47 Å². The third kappa shape index (κ3) is 3.59. The highest BCUT2D eigenvalue weighted by Crippen LogP contribution is 2.35. The number of rotatable bonds is 5. The van der Waals surface area contributed by atoms with E-state index in [4.69, 9.17) is 9.47 Å². The number of hydrogen-bond acceptors (Lipinski definition) is 3. The predicted octanol–water partition coefficient (Wildman–Crippen LogP) is 4.08. The lowest BCUT2D eigenvalue weighted by molar-refractivity contribution is -0.132. The number of hydrogen-bond donors (Lipinski definition) is 1. The second kappa shape index (κ2) is 7.21. The standard InChI is InChI=1S/C20H20O4/c1-23-18-11-15-8-5-9-16(20(21)22)10-17(15)12-19(18)24-13-14-6-3-2-4-7-14/h2-4,6-7,10-12H,5,8-9,13H2,1H3,(H,21,22). The van der Waals surface area contributed by atoms with E-state index in [0.717, 1.165) is 29.5 Å². The molecule has 0 amide bonds. The van der Waals surface area contributed by atoms with Crippen molar-refractivity contribution in [1.29, 1.82) is 0 Å². The number of benzene rings is 2. The topological polar surface area (TPSA) is 55.8 Å². The van der Waals surface area contributed by atoms with Gasteiger partial charge in [0.1, 0.15) is 6.61 Å². The smallest absolute Gasteiger partial charge is 0.331 e. The van der Waals surface area contributed by atoms with E-state index < -0.39 is 5.97 Å². The molecule has 4 nitrogen and oxygen atoms in total. The van der Waals surface area contributed by atoms with Crippen molar-refractivity contribution in [3.05, 3.63) is 64.7 Å². The SMILES string of the molecule is COc1cc2c(cc1OCc1ccccc1)C=C(C(=O)O)CCC2. The summed E-state index contributed by atoms with van der Waals surface area (Å²) >= 11 is 0. The van der Waals surface area contributed by atoms with Gasteiger partial charge in [-0.2, -0.15) is 0 Å². The van der Waals surface area contributed by atoms with Crippen molar-refractivity contribution in [3.63, 3.8) is 0 Å². The molecule has 0 bridgehead atoms. The Kier molecular flexibility index (Phi) is 4.85. The van der Waals surface area contributed by atoms with E-state index in [9.17, 15) is 9.90 Å². The summed E-state index contributed by atoms with van der Waals surface area (Å²) in [4.78, 5) is 11.3. The molecule has 0 fully saturated rings. The molecule has 1 aliphatic carbocycles. The van der Waals surface area contributed by atoms with Gasteiger partial charge in [0.15, 0.2) is 11.5 Å². The number of fused-ring (bicyclic) bond motifs is 1. The molecule has 0 radical (unpaired) electrons. The maximum Gasteiger partial charge on any atom is 0.331 e. The largest absolute Gasteiger partial charge is 0.493 e. The Labute approximate surface area is 141 Å². The van der Waals surface area contributed by atoms with Crippen molar-refractivity contribution in [2.24, 2.45) is 0 Å². The maximum atomic E-state index is 11.3. The third-order valence-electron chi connectivity index (χ3n) is 4.16. The molecule has 1 aliphatic rings. The Balaban J connectivity index is 1.91. The average molecular weight is 324 g/mol. The number of aryl methyl sites for hydroxylation is 1. The summed E-state index contributed by atoms with van der Waals surface area (Å²) in [7, 11) is 1.62. The van der Waals surface area contributed by atoms with Crippen LogP contribution >= 0.6 is 0 Å². The summed E-state index contributed by atoms with van der Waals surface area (Å²) in [6, 6.07) is 13.7. The van der Waals surface area contributed by atoms with E-state index in [1.807, 2.05) is 42.5 Å². The molecule has 4 heteroatoms. The normalized spacial score (nSPS) is 13.5. The zero-order valence-corrected chi connectivity index (χ0v) is 13.6. The Morgan fingerprint density at radius 1 is 1.12 bits per heavy atom. The molecule has 124 valence electrons. The van der Waals surface area contributed by atoms with Crippen LogP contribution in [0.4, 0.5) is 0 Å². The number of methoxy groups -OCH3 is 1. The van der Waals surface area contributed by atoms with Gasteiger partial charge >= 0.3 is 5.97 Å². The molecule has 2 aromatic carbocycles. The van der Waals surface area contributed by atoms with Gasteiger partial charge in [0, 0.05) is 5.57 Å². The molecule has 0 unspecified atom stereocenters. The van der Waals surface area contributed by atoms with Crippen molar-refractivity contribution in [2.45, 2.75) is 25.9 Å². The average Bonchev–Trinajstić information content (AvgIpc) is 2.81. The van der Waals surface area contributed by atoms with Crippen molar-refractivity contribution in [3.8, 4) is 11.5 Å². The molecule has 1 N–H and O–H groups in total. The second-order valence-corrected chi connectivity index (χ2v) is 5.80. The first-order valence-electron chi connectivity index (χ1n) is 7.99. The second-order valence-electron chi connectivity index (χ2n) is 5.80. The van der Waals surface area contributed by atoms with Gasteiger partial charge in [0.2, 0.25) is 0 Å². The van der Waals surface area contributed by atoms with Crippen molar-refractivity contribution < 1.29 is 19.4 Å². The van der Waals surface area contributed by atoms with Gasteiger partial charge in [-0.25, -0.2) is 4.79 Å². The fourth-order valence-electron chi connectivity index (χ4n) is 2.87. The highest BCUT2D eigenvalue weighted by Gasteiger charge is 2.17. The lowest BCUT2D eigenvalue weighted by Gasteiger charge is -2.14. The Morgan fingerprint density at radius 3 is 2.62 bits per heavy atom. The fraction of sp³-hybridized carbons (Fsp3) is 0.250. The van der Waals surface area contributed by atoms with Crippen molar-refractivity contribution >= 4 is 12.0 Å². The number of carbonyl (C=O) groups is 1. The van der Waals surface area contributed by atoms with Gasteiger partial charge in [0.05, 0.1) is 7.11 Å². The number of carboxylic acids is 1. The van der Waals surface area contributed by atoms with Gasteiger partial charge in [-0.05, 0) is 54.2 Å². The molecule has 0 heterocycles. The van der Waals surface area contributed by atoms with Crippen LogP contribution in [-0.2, 0) is 17.8 Å². The van der Waals surface area contributed by atoms with Crippen LogP contribution in [-0.4, -0.2) is 18.2 Å². The summed E-state index contributed by atoms with van der Waals surface area (Å²) in [6.07, 6.45) is 3.97. The quantitative estimate of drug-likeness (QED) is 0.900. The van der Waals surface area contributed by atoms with E-state index >= 15 is 0 Å². The minimum atomic E-state index is -0.856. The summed E-state index contributed by atoms with van der Waals surface area (Å²) in [5.41, 5.74) is 3.49. The van der Waals surface area contributed by atoms with E-state index in [0.29, 0.717) is 30.1 Å². The van der Waals surface area contributed by atoms with Crippen molar-refractivity contribution in [1.82, 2.24) is 0 Å². The van der Waals surface area contributed by atoms with Gasteiger partial charge in [-0.1, -0.05) is 30.3 Å². The van der Waals surface area contributed by atoms with E-state index in [1.165, 1.54) is 0 Å². The highest BCUT2D eigenvalue weighted by molar-refractivity contribution is 5.92. The van der Waals surface area contributed by atoms with E-state index in [2.05, 4.69) is 0 Å². The lowest BCUT2D eigenvalue weighted by atomic mass is 10.0. The highest BCUT2D eigenvalue weighted by atomic mass is 16.5. The Hall–Kier alpha value is -2.75. The Morgan fingerprint density at radius 2 is 1.92 bits per heavy atom. The van der Waals surface area contributed by atoms with Crippen LogP contribution in [0.25, 0.3) is 6.08 Å². The summed E-state index contributed by atoms with van der Waals surface area (Å²) in [5, 5.41) is 9.29. The molecule has 0 aromatic heterocycles. The first-order chi connectivity index (χ1) is 11.7. The number of ether oxygens (including phenoxy) is 2. The summed E-state index contributed by atoms with van der Waals surface area (Å²) in [5.74, 6) is 0.449. The first-order valence-corrected chi connectivity index (χ1v) is 7.99. The van der Waals surface area contributed by atoms with Crippen LogP contribution in [0, 0.1) is 0 Å². The minimum Gasteiger partial charge on any atom is -0.493 e. The van der Waals surface area contributed by atoms with E-state index in [1.54, 1.807) is 13.2 Å². The van der Waals surface area contributed by atoms with Gasteiger partial charge < -0.3 is 14.6 Å². The lowest BCUT2D eigenvalue weighted by Crippen LogP contribution is -2.00. The number of aliphatic carboxylic acids is 1. The van der Waals surface area contributed by atoms with Crippen LogP contribution in [0.5, 0.6) is 11.5 Å². The molecule has 3 rings (SSSR count). The van der Waals surface area contributed by atoms with Crippen LogP contribution in [0.1, 0.15) is 29.5 Å². The van der Waals surface area contributed by atoms with Gasteiger partial charge in [-0.15, -0.1) is 0 Å². The van der Waals surface area contributed by atoms with E-state index in [-0.39, 0.29) is 0 Å².